The molecule has 0 bridgehead atoms. The molecule has 0 atom stereocenters. The van der Waals surface area contributed by atoms with Crippen LogP contribution in [0.25, 0.3) is 0 Å². The van der Waals surface area contributed by atoms with E-state index in [4.69, 9.17) is 11.6 Å². The molecule has 2 aromatic carbocycles. The van der Waals surface area contributed by atoms with Crippen molar-refractivity contribution in [1.82, 2.24) is 9.21 Å². The van der Waals surface area contributed by atoms with Gasteiger partial charge < -0.3 is 10.6 Å². The van der Waals surface area contributed by atoms with Crippen molar-refractivity contribution in [1.29, 1.82) is 0 Å². The van der Waals surface area contributed by atoms with E-state index in [1.165, 1.54) is 16.4 Å². The molecule has 0 saturated carbocycles. The van der Waals surface area contributed by atoms with Crippen LogP contribution in [0.5, 0.6) is 0 Å². The Morgan fingerprint density at radius 1 is 1.00 bits per heavy atom. The molecule has 166 valence electrons. The van der Waals surface area contributed by atoms with Gasteiger partial charge in [0, 0.05) is 18.8 Å². The van der Waals surface area contributed by atoms with Gasteiger partial charge in [0.15, 0.2) is 0 Å². The third-order valence-corrected chi connectivity index (χ3v) is 7.02. The van der Waals surface area contributed by atoms with Crippen LogP contribution in [0.15, 0.2) is 53.4 Å². The zero-order valence-corrected chi connectivity index (χ0v) is 18.7. The Morgan fingerprint density at radius 2 is 1.65 bits per heavy atom. The number of hydrogen-bond donors (Lipinski definition) is 2. The van der Waals surface area contributed by atoms with Crippen molar-refractivity contribution in [3.63, 3.8) is 0 Å². The molecule has 1 fully saturated rings. The van der Waals surface area contributed by atoms with Crippen molar-refractivity contribution < 1.29 is 18.0 Å². The van der Waals surface area contributed by atoms with E-state index >= 15 is 0 Å². The fraction of sp³-hybridized carbons (Fsp3) is 0.333. The number of benzene rings is 2. The summed E-state index contributed by atoms with van der Waals surface area (Å²) in [5, 5.41) is 5.82. The van der Waals surface area contributed by atoms with Crippen LogP contribution in [0.4, 0.5) is 11.4 Å². The molecule has 0 radical (unpaired) electrons. The Morgan fingerprint density at radius 3 is 2.32 bits per heavy atom. The van der Waals surface area contributed by atoms with Crippen LogP contribution in [-0.4, -0.2) is 62.7 Å². The van der Waals surface area contributed by atoms with E-state index in [1.807, 2.05) is 0 Å². The summed E-state index contributed by atoms with van der Waals surface area (Å²) in [4.78, 5) is 26.3. The fourth-order valence-corrected chi connectivity index (χ4v) is 5.06. The largest absolute Gasteiger partial charge is 0.325 e. The average molecular weight is 465 g/mol. The van der Waals surface area contributed by atoms with Gasteiger partial charge in [0.05, 0.1) is 28.7 Å². The highest BCUT2D eigenvalue weighted by molar-refractivity contribution is 7.89. The normalized spacial score (nSPS) is 14.5. The van der Waals surface area contributed by atoms with E-state index in [-0.39, 0.29) is 29.8 Å². The number of para-hydroxylation sites is 1. The van der Waals surface area contributed by atoms with Crippen molar-refractivity contribution in [3.8, 4) is 0 Å². The summed E-state index contributed by atoms with van der Waals surface area (Å²) in [7, 11) is -1.92. The number of halogens is 1. The van der Waals surface area contributed by atoms with Crippen molar-refractivity contribution in [3.05, 3.63) is 53.6 Å². The summed E-state index contributed by atoms with van der Waals surface area (Å²) in [6.45, 7) is 0.973. The molecule has 10 heteroatoms. The number of carbonyl (C=O) groups excluding carboxylic acids is 2. The Bertz CT molecular complexity index is 1050. The zero-order chi connectivity index (χ0) is 22.4. The molecule has 2 amide bonds. The smallest absolute Gasteiger partial charge is 0.243 e. The van der Waals surface area contributed by atoms with Gasteiger partial charge in [0.1, 0.15) is 0 Å². The minimum atomic E-state index is -3.56. The Balaban J connectivity index is 1.54. The molecule has 31 heavy (non-hydrogen) atoms. The van der Waals surface area contributed by atoms with Crippen LogP contribution >= 0.6 is 11.6 Å². The predicted molar refractivity (Wildman–Crippen MR) is 121 cm³/mol. The Labute approximate surface area is 187 Å². The first-order valence-electron chi connectivity index (χ1n) is 9.89. The number of nitrogens with zero attached hydrogens (tertiary/aromatic N) is 2. The average Bonchev–Trinajstić information content (AvgIpc) is 3.25. The summed E-state index contributed by atoms with van der Waals surface area (Å²) in [5.74, 6) is -0.661. The van der Waals surface area contributed by atoms with E-state index in [9.17, 15) is 18.0 Å². The highest BCUT2D eigenvalue weighted by atomic mass is 35.5. The quantitative estimate of drug-likeness (QED) is 0.625. The van der Waals surface area contributed by atoms with Crippen LogP contribution in [0.3, 0.4) is 0 Å². The minimum absolute atomic E-state index is 0.0119. The molecule has 1 aliphatic heterocycles. The third-order valence-electron chi connectivity index (χ3n) is 4.80. The van der Waals surface area contributed by atoms with Crippen LogP contribution < -0.4 is 10.6 Å². The minimum Gasteiger partial charge on any atom is -0.325 e. The first-order chi connectivity index (χ1) is 14.8. The SMILES string of the molecule is CN(CC(=O)Nc1cccc(S(=O)(=O)N2CCCC2)c1)CC(=O)Nc1ccccc1Cl. The summed E-state index contributed by atoms with van der Waals surface area (Å²) in [6.07, 6.45) is 1.71. The molecule has 0 aromatic heterocycles. The molecule has 1 heterocycles. The lowest BCUT2D eigenvalue weighted by atomic mass is 10.3. The lowest BCUT2D eigenvalue weighted by Gasteiger charge is -2.18. The van der Waals surface area contributed by atoms with Crippen molar-refractivity contribution in [2.75, 3.05) is 43.9 Å². The first-order valence-corrected chi connectivity index (χ1v) is 11.7. The van der Waals surface area contributed by atoms with Gasteiger partial charge in [-0.1, -0.05) is 29.8 Å². The molecule has 3 rings (SSSR count). The zero-order valence-electron chi connectivity index (χ0n) is 17.2. The Hall–Kier alpha value is -2.46. The summed E-state index contributed by atoms with van der Waals surface area (Å²) in [5.41, 5.74) is 0.891. The van der Waals surface area contributed by atoms with Gasteiger partial charge in [-0.2, -0.15) is 4.31 Å². The summed E-state index contributed by atoms with van der Waals surface area (Å²) < 4.78 is 26.9. The third kappa shape index (κ3) is 6.27. The van der Waals surface area contributed by atoms with Crippen molar-refractivity contribution >= 4 is 44.8 Å². The van der Waals surface area contributed by atoms with Crippen LogP contribution in [0.2, 0.25) is 5.02 Å². The summed E-state index contributed by atoms with van der Waals surface area (Å²) in [6, 6.07) is 13.1. The topological polar surface area (TPSA) is 98.8 Å². The molecular weight excluding hydrogens is 440 g/mol. The number of rotatable bonds is 8. The lowest BCUT2D eigenvalue weighted by Crippen LogP contribution is -2.36. The van der Waals surface area contributed by atoms with E-state index in [1.54, 1.807) is 48.3 Å². The van der Waals surface area contributed by atoms with E-state index in [2.05, 4.69) is 10.6 Å². The first kappa shape index (κ1) is 23.2. The number of sulfonamides is 1. The van der Waals surface area contributed by atoms with E-state index < -0.39 is 10.0 Å². The van der Waals surface area contributed by atoms with E-state index in [0.29, 0.717) is 29.5 Å². The molecule has 1 saturated heterocycles. The van der Waals surface area contributed by atoms with Crippen molar-refractivity contribution in [2.24, 2.45) is 0 Å². The molecule has 0 unspecified atom stereocenters. The number of anilines is 2. The second-order valence-corrected chi connectivity index (χ2v) is 9.73. The molecule has 0 spiro atoms. The second kappa shape index (κ2) is 10.2. The molecule has 2 N–H and O–H groups in total. The van der Waals surface area contributed by atoms with Crippen LogP contribution in [0, 0.1) is 0 Å². The molecule has 1 aliphatic rings. The standard InChI is InChI=1S/C21H25ClN4O4S/c1-25(15-21(28)24-19-10-3-2-9-18(19)22)14-20(27)23-16-7-6-8-17(13-16)31(29,30)26-11-4-5-12-26/h2-3,6-10,13H,4-5,11-12,14-15H2,1H3,(H,23,27)(H,24,28). The maximum atomic E-state index is 12.7. The Kier molecular flexibility index (Phi) is 7.66. The van der Waals surface area contributed by atoms with E-state index in [0.717, 1.165) is 12.8 Å². The van der Waals surface area contributed by atoms with Gasteiger partial charge in [-0.05, 0) is 50.2 Å². The maximum Gasteiger partial charge on any atom is 0.243 e. The number of likely N-dealkylation sites (N-methyl/N-ethyl adjacent to an activating group) is 1. The molecular formula is C21H25ClN4O4S. The molecule has 2 aromatic rings. The monoisotopic (exact) mass is 464 g/mol. The van der Waals surface area contributed by atoms with Crippen molar-refractivity contribution in [2.45, 2.75) is 17.7 Å². The van der Waals surface area contributed by atoms with Gasteiger partial charge in [-0.25, -0.2) is 8.42 Å². The van der Waals surface area contributed by atoms with Gasteiger partial charge >= 0.3 is 0 Å². The molecule has 8 nitrogen and oxygen atoms in total. The van der Waals surface area contributed by atoms with Crippen LogP contribution in [0.1, 0.15) is 12.8 Å². The van der Waals surface area contributed by atoms with Gasteiger partial charge in [-0.15, -0.1) is 0 Å². The number of carbonyl (C=O) groups is 2. The van der Waals surface area contributed by atoms with Gasteiger partial charge in [0.2, 0.25) is 21.8 Å². The maximum absolute atomic E-state index is 12.7. The lowest BCUT2D eigenvalue weighted by molar-refractivity contribution is -0.119. The second-order valence-electron chi connectivity index (χ2n) is 7.39. The number of amides is 2. The molecule has 0 aliphatic carbocycles. The highest BCUT2D eigenvalue weighted by Crippen LogP contribution is 2.23. The van der Waals surface area contributed by atoms with Crippen LogP contribution in [-0.2, 0) is 19.6 Å². The number of nitrogens with one attached hydrogen (secondary N) is 2. The fourth-order valence-electron chi connectivity index (χ4n) is 3.31. The highest BCUT2D eigenvalue weighted by Gasteiger charge is 2.27. The summed E-state index contributed by atoms with van der Waals surface area (Å²) >= 11 is 6.03. The predicted octanol–water partition coefficient (Wildman–Crippen LogP) is 2.63. The van der Waals surface area contributed by atoms with Gasteiger partial charge in [0.25, 0.3) is 0 Å². The van der Waals surface area contributed by atoms with Gasteiger partial charge in [-0.3, -0.25) is 14.5 Å². The number of hydrogen-bond acceptors (Lipinski definition) is 5.